The first-order valence-electron chi connectivity index (χ1n) is 9.33. The number of halogens is 1. The zero-order valence-corrected chi connectivity index (χ0v) is 15.8. The van der Waals surface area contributed by atoms with Crippen LogP contribution in [0.2, 0.25) is 0 Å². The van der Waals surface area contributed by atoms with Crippen LogP contribution in [-0.4, -0.2) is 21.4 Å². The van der Waals surface area contributed by atoms with Crippen molar-refractivity contribution in [3.8, 4) is 0 Å². The van der Waals surface area contributed by atoms with Crippen LogP contribution in [0.5, 0.6) is 0 Å². The van der Waals surface area contributed by atoms with Gasteiger partial charge in [0.2, 0.25) is 5.78 Å². The maximum atomic E-state index is 13.4. The standard InChI is InChI=1S/C23H21ClN2O/c24-15-6-1-7-16-26-21-14-5-4-12-20(21)22(25-26)23(27)19-13-8-10-17-9-2-3-11-18(17)19/h2-5,8-14H,1,6-7,15-16H2. The number of hydrogen-bond donors (Lipinski definition) is 0. The largest absolute Gasteiger partial charge is 0.287 e. The molecular formula is C23H21ClN2O. The van der Waals surface area contributed by atoms with Gasteiger partial charge in [0.15, 0.2) is 0 Å². The molecule has 0 saturated carbocycles. The summed E-state index contributed by atoms with van der Waals surface area (Å²) in [7, 11) is 0. The van der Waals surface area contributed by atoms with Crippen molar-refractivity contribution in [2.45, 2.75) is 25.8 Å². The summed E-state index contributed by atoms with van der Waals surface area (Å²) in [5, 5.41) is 7.64. The summed E-state index contributed by atoms with van der Waals surface area (Å²) in [6.07, 6.45) is 3.06. The minimum atomic E-state index is -0.0255. The number of carbonyl (C=O) groups is 1. The number of hydrogen-bond acceptors (Lipinski definition) is 2. The summed E-state index contributed by atoms with van der Waals surface area (Å²) >= 11 is 5.77. The Morgan fingerprint density at radius 1 is 0.852 bits per heavy atom. The van der Waals surface area contributed by atoms with E-state index in [2.05, 4.69) is 0 Å². The molecule has 0 fully saturated rings. The Balaban J connectivity index is 1.75. The Morgan fingerprint density at radius 3 is 2.44 bits per heavy atom. The van der Waals surface area contributed by atoms with Crippen LogP contribution in [-0.2, 0) is 6.54 Å². The average Bonchev–Trinajstić information content (AvgIpc) is 3.09. The molecule has 3 nitrogen and oxygen atoms in total. The normalized spacial score (nSPS) is 11.3. The third-order valence-corrected chi connectivity index (χ3v) is 5.18. The summed E-state index contributed by atoms with van der Waals surface area (Å²) in [5.74, 6) is 0.660. The smallest absolute Gasteiger partial charge is 0.214 e. The summed E-state index contributed by atoms with van der Waals surface area (Å²) in [6, 6.07) is 21.8. The van der Waals surface area contributed by atoms with Gasteiger partial charge in [-0.2, -0.15) is 5.10 Å². The molecule has 0 unspecified atom stereocenters. The fourth-order valence-electron chi connectivity index (χ4n) is 3.55. The third kappa shape index (κ3) is 3.47. The Labute approximate surface area is 163 Å². The lowest BCUT2D eigenvalue weighted by Crippen LogP contribution is -2.06. The van der Waals surface area contributed by atoms with E-state index >= 15 is 0 Å². The first kappa shape index (κ1) is 17.7. The Kier molecular flexibility index (Phi) is 5.21. The van der Waals surface area contributed by atoms with Gasteiger partial charge in [0.25, 0.3) is 0 Å². The van der Waals surface area contributed by atoms with Gasteiger partial charge in [-0.15, -0.1) is 11.6 Å². The second-order valence-corrected chi connectivity index (χ2v) is 7.07. The molecule has 4 aromatic rings. The molecule has 1 heterocycles. The van der Waals surface area contributed by atoms with E-state index in [4.69, 9.17) is 16.7 Å². The molecule has 0 atom stereocenters. The van der Waals surface area contributed by atoms with Crippen molar-refractivity contribution in [2.24, 2.45) is 0 Å². The summed E-state index contributed by atoms with van der Waals surface area (Å²) in [6.45, 7) is 0.792. The molecule has 0 radical (unpaired) electrons. The van der Waals surface area contributed by atoms with E-state index in [0.717, 1.165) is 47.5 Å². The number of unbranched alkanes of at least 4 members (excludes halogenated alkanes) is 2. The van der Waals surface area contributed by atoms with Gasteiger partial charge >= 0.3 is 0 Å². The van der Waals surface area contributed by atoms with Crippen molar-refractivity contribution in [3.05, 3.63) is 78.0 Å². The number of ketones is 1. The molecule has 0 spiro atoms. The van der Waals surface area contributed by atoms with Crippen LogP contribution < -0.4 is 0 Å². The SMILES string of the molecule is O=C(c1cccc2ccccc12)c1nn(CCCCCCl)c2ccccc12. The predicted molar refractivity (Wildman–Crippen MR) is 112 cm³/mol. The highest BCUT2D eigenvalue weighted by Gasteiger charge is 2.20. The molecule has 0 bridgehead atoms. The lowest BCUT2D eigenvalue weighted by Gasteiger charge is -2.04. The minimum Gasteiger partial charge on any atom is -0.287 e. The molecule has 4 heteroatoms. The number of aryl methyl sites for hydroxylation is 1. The number of nitrogens with zero attached hydrogens (tertiary/aromatic N) is 2. The fourth-order valence-corrected chi connectivity index (χ4v) is 3.74. The number of aromatic nitrogens is 2. The first-order valence-corrected chi connectivity index (χ1v) is 9.87. The highest BCUT2D eigenvalue weighted by molar-refractivity contribution is 6.20. The van der Waals surface area contributed by atoms with Gasteiger partial charge in [0, 0.05) is 23.4 Å². The van der Waals surface area contributed by atoms with Crippen LogP contribution in [0.25, 0.3) is 21.7 Å². The van der Waals surface area contributed by atoms with Gasteiger partial charge in [-0.3, -0.25) is 9.48 Å². The quantitative estimate of drug-likeness (QED) is 0.231. The second kappa shape index (κ2) is 7.93. The van der Waals surface area contributed by atoms with E-state index in [-0.39, 0.29) is 5.78 Å². The van der Waals surface area contributed by atoms with Crippen molar-refractivity contribution >= 4 is 39.1 Å². The number of carbonyl (C=O) groups excluding carboxylic acids is 1. The number of fused-ring (bicyclic) bond motifs is 2. The van der Waals surface area contributed by atoms with Crippen LogP contribution in [0.1, 0.15) is 35.3 Å². The zero-order chi connectivity index (χ0) is 18.6. The van der Waals surface area contributed by atoms with Gasteiger partial charge in [-0.25, -0.2) is 0 Å². The molecule has 1 aromatic heterocycles. The third-order valence-electron chi connectivity index (χ3n) is 4.91. The molecule has 0 saturated heterocycles. The molecule has 4 rings (SSSR count). The molecule has 0 aliphatic rings. The van der Waals surface area contributed by atoms with E-state index in [1.807, 2.05) is 71.4 Å². The van der Waals surface area contributed by atoms with E-state index in [1.54, 1.807) is 0 Å². The maximum absolute atomic E-state index is 13.4. The Hall–Kier alpha value is -2.65. The van der Waals surface area contributed by atoms with Crippen LogP contribution in [0.4, 0.5) is 0 Å². The van der Waals surface area contributed by atoms with E-state index < -0.39 is 0 Å². The number of benzene rings is 3. The summed E-state index contributed by atoms with van der Waals surface area (Å²) < 4.78 is 1.96. The van der Waals surface area contributed by atoms with Crippen molar-refractivity contribution < 1.29 is 4.79 Å². The molecule has 0 amide bonds. The van der Waals surface area contributed by atoms with Crippen LogP contribution >= 0.6 is 11.6 Å². The number of para-hydroxylation sites is 1. The van der Waals surface area contributed by atoms with Crippen molar-refractivity contribution in [3.63, 3.8) is 0 Å². The van der Waals surface area contributed by atoms with Gasteiger partial charge in [0.05, 0.1) is 5.52 Å². The minimum absolute atomic E-state index is 0.0255. The lowest BCUT2D eigenvalue weighted by atomic mass is 9.99. The monoisotopic (exact) mass is 376 g/mol. The average molecular weight is 377 g/mol. The molecular weight excluding hydrogens is 356 g/mol. The van der Waals surface area contributed by atoms with E-state index in [1.165, 1.54) is 0 Å². The fraction of sp³-hybridized carbons (Fsp3) is 0.217. The molecule has 0 aliphatic heterocycles. The van der Waals surface area contributed by atoms with E-state index in [9.17, 15) is 4.79 Å². The second-order valence-electron chi connectivity index (χ2n) is 6.69. The topological polar surface area (TPSA) is 34.9 Å². The van der Waals surface area contributed by atoms with E-state index in [0.29, 0.717) is 17.1 Å². The van der Waals surface area contributed by atoms with Crippen molar-refractivity contribution in [2.75, 3.05) is 5.88 Å². The Morgan fingerprint density at radius 2 is 1.59 bits per heavy atom. The highest BCUT2D eigenvalue weighted by Crippen LogP contribution is 2.25. The summed E-state index contributed by atoms with van der Waals surface area (Å²) in [5.41, 5.74) is 2.23. The Bertz CT molecular complexity index is 1090. The van der Waals surface area contributed by atoms with Crippen molar-refractivity contribution in [1.29, 1.82) is 0 Å². The van der Waals surface area contributed by atoms with Crippen molar-refractivity contribution in [1.82, 2.24) is 9.78 Å². The highest BCUT2D eigenvalue weighted by atomic mass is 35.5. The lowest BCUT2D eigenvalue weighted by molar-refractivity contribution is 0.103. The molecule has 0 aliphatic carbocycles. The summed E-state index contributed by atoms with van der Waals surface area (Å²) in [4.78, 5) is 13.4. The molecule has 3 aromatic carbocycles. The maximum Gasteiger partial charge on any atom is 0.214 e. The number of rotatable bonds is 7. The molecule has 0 N–H and O–H groups in total. The first-order chi connectivity index (χ1) is 13.3. The van der Waals surface area contributed by atoms with Gasteiger partial charge < -0.3 is 0 Å². The van der Waals surface area contributed by atoms with Crippen LogP contribution in [0, 0.1) is 0 Å². The van der Waals surface area contributed by atoms with Gasteiger partial charge in [-0.05, 0) is 29.7 Å². The molecule has 27 heavy (non-hydrogen) atoms. The number of alkyl halides is 1. The van der Waals surface area contributed by atoms with Crippen LogP contribution in [0.15, 0.2) is 66.7 Å². The van der Waals surface area contributed by atoms with Crippen LogP contribution in [0.3, 0.4) is 0 Å². The zero-order valence-electron chi connectivity index (χ0n) is 15.1. The molecule has 136 valence electrons. The van der Waals surface area contributed by atoms with Gasteiger partial charge in [-0.1, -0.05) is 67.1 Å². The van der Waals surface area contributed by atoms with Gasteiger partial charge in [0.1, 0.15) is 5.69 Å². The predicted octanol–water partition coefficient (Wildman–Crippen LogP) is 5.83.